The summed E-state index contributed by atoms with van der Waals surface area (Å²) in [7, 11) is -3.78. The second kappa shape index (κ2) is 5.12. The van der Waals surface area contributed by atoms with Crippen LogP contribution in [0, 0.1) is 6.92 Å². The van der Waals surface area contributed by atoms with Gasteiger partial charge in [0.25, 0.3) is 10.0 Å². The highest BCUT2D eigenvalue weighted by atomic mass is 79.9. The van der Waals surface area contributed by atoms with Crippen LogP contribution >= 0.6 is 38.9 Å². The third kappa shape index (κ3) is 3.00. The van der Waals surface area contributed by atoms with Crippen molar-refractivity contribution in [1.29, 1.82) is 0 Å². The number of sulfonamides is 1. The lowest BCUT2D eigenvalue weighted by molar-refractivity contribution is 0.601. The summed E-state index contributed by atoms with van der Waals surface area (Å²) in [5.74, 6) is 0. The maximum Gasteiger partial charge on any atom is 0.266 e. The minimum Gasteiger partial charge on any atom is -0.255 e. The number of aromatic nitrogens is 2. The Morgan fingerprint density at radius 1 is 1.50 bits per heavy atom. The van der Waals surface area contributed by atoms with Crippen LogP contribution in [0.4, 0.5) is 5.13 Å². The zero-order chi connectivity index (χ0) is 13.3. The molecule has 0 fully saturated rings. The van der Waals surface area contributed by atoms with Crippen LogP contribution in [0.3, 0.4) is 0 Å². The lowest BCUT2D eigenvalue weighted by Crippen LogP contribution is -2.13. The molecule has 2 aromatic rings. The minimum absolute atomic E-state index is 0.0843. The summed E-state index contributed by atoms with van der Waals surface area (Å²) in [4.78, 5) is 7.71. The summed E-state index contributed by atoms with van der Waals surface area (Å²) >= 11 is 10.1. The standard InChI is InChI=1S/C9H7BrClN3O2S2/c1-5-4-17-9(13-5)14-18(15,16)7-2-6(10)3-12-8(7)11/h2-4H,1H3,(H,13,14). The smallest absolute Gasteiger partial charge is 0.255 e. The third-order valence-electron chi connectivity index (χ3n) is 1.90. The average molecular weight is 369 g/mol. The van der Waals surface area contributed by atoms with E-state index in [4.69, 9.17) is 11.6 Å². The van der Waals surface area contributed by atoms with Gasteiger partial charge in [0.2, 0.25) is 0 Å². The van der Waals surface area contributed by atoms with Crippen LogP contribution in [-0.2, 0) is 10.0 Å². The van der Waals surface area contributed by atoms with Gasteiger partial charge in [-0.2, -0.15) is 0 Å². The van der Waals surface area contributed by atoms with Crippen molar-refractivity contribution in [3.63, 3.8) is 0 Å². The van der Waals surface area contributed by atoms with Crippen LogP contribution in [0.15, 0.2) is 27.0 Å². The van der Waals surface area contributed by atoms with Gasteiger partial charge in [-0.15, -0.1) is 11.3 Å². The normalized spacial score (nSPS) is 11.5. The van der Waals surface area contributed by atoms with E-state index in [1.165, 1.54) is 23.6 Å². The van der Waals surface area contributed by atoms with E-state index in [0.29, 0.717) is 9.60 Å². The van der Waals surface area contributed by atoms with Gasteiger partial charge in [0.05, 0.1) is 5.69 Å². The van der Waals surface area contributed by atoms with Crippen molar-refractivity contribution in [2.24, 2.45) is 0 Å². The van der Waals surface area contributed by atoms with Gasteiger partial charge < -0.3 is 0 Å². The Morgan fingerprint density at radius 3 is 2.83 bits per heavy atom. The van der Waals surface area contributed by atoms with Gasteiger partial charge in [-0.3, -0.25) is 4.72 Å². The molecule has 96 valence electrons. The van der Waals surface area contributed by atoms with Crippen LogP contribution in [0.5, 0.6) is 0 Å². The molecule has 5 nitrogen and oxygen atoms in total. The maximum absolute atomic E-state index is 12.1. The molecular weight excluding hydrogens is 362 g/mol. The number of hydrogen-bond donors (Lipinski definition) is 1. The topological polar surface area (TPSA) is 72.0 Å². The predicted octanol–water partition coefficient (Wildman–Crippen LogP) is 3.06. The lowest BCUT2D eigenvalue weighted by atomic mass is 10.5. The van der Waals surface area contributed by atoms with E-state index >= 15 is 0 Å². The van der Waals surface area contributed by atoms with Crippen LogP contribution in [0.2, 0.25) is 5.15 Å². The first kappa shape index (κ1) is 13.7. The molecule has 2 aromatic heterocycles. The molecule has 0 saturated heterocycles. The van der Waals surface area contributed by atoms with E-state index in [-0.39, 0.29) is 10.0 Å². The number of pyridine rings is 1. The Balaban J connectivity index is 2.39. The Kier molecular flexibility index (Phi) is 3.90. The van der Waals surface area contributed by atoms with Gasteiger partial charge in [0, 0.05) is 16.0 Å². The molecule has 0 aromatic carbocycles. The molecule has 0 bridgehead atoms. The highest BCUT2D eigenvalue weighted by Crippen LogP contribution is 2.25. The van der Waals surface area contributed by atoms with Gasteiger partial charge in [-0.25, -0.2) is 18.4 Å². The van der Waals surface area contributed by atoms with Gasteiger partial charge >= 0.3 is 0 Å². The van der Waals surface area contributed by atoms with Crippen molar-refractivity contribution in [2.75, 3.05) is 4.72 Å². The highest BCUT2D eigenvalue weighted by Gasteiger charge is 2.20. The number of aryl methyl sites for hydroxylation is 1. The van der Waals surface area contributed by atoms with Crippen LogP contribution < -0.4 is 4.72 Å². The summed E-state index contributed by atoms with van der Waals surface area (Å²) < 4.78 is 27.1. The van der Waals surface area contributed by atoms with Crippen LogP contribution in [0.1, 0.15) is 5.69 Å². The number of nitrogens with one attached hydrogen (secondary N) is 1. The lowest BCUT2D eigenvalue weighted by Gasteiger charge is -2.06. The highest BCUT2D eigenvalue weighted by molar-refractivity contribution is 9.10. The van der Waals surface area contributed by atoms with E-state index in [0.717, 1.165) is 5.69 Å². The molecule has 9 heteroatoms. The number of halogens is 2. The Morgan fingerprint density at radius 2 is 2.22 bits per heavy atom. The fourth-order valence-electron chi connectivity index (χ4n) is 1.16. The number of anilines is 1. The molecule has 0 spiro atoms. The first-order valence-electron chi connectivity index (χ1n) is 4.64. The SMILES string of the molecule is Cc1csc(NS(=O)(=O)c2cc(Br)cnc2Cl)n1. The molecule has 0 radical (unpaired) electrons. The molecule has 0 aliphatic rings. The fraction of sp³-hybridized carbons (Fsp3) is 0.111. The average Bonchev–Trinajstić information content (AvgIpc) is 2.66. The summed E-state index contributed by atoms with van der Waals surface area (Å²) in [5, 5.41) is 1.96. The molecule has 0 unspecified atom stereocenters. The molecule has 18 heavy (non-hydrogen) atoms. The first-order valence-corrected chi connectivity index (χ1v) is 8.18. The van der Waals surface area contributed by atoms with E-state index in [1.54, 1.807) is 12.3 Å². The molecule has 0 atom stereocenters. The summed E-state index contributed by atoms with van der Waals surface area (Å²) in [5.41, 5.74) is 0.746. The number of nitrogens with zero attached hydrogens (tertiary/aromatic N) is 2. The minimum atomic E-state index is -3.78. The summed E-state index contributed by atoms with van der Waals surface area (Å²) in [6, 6.07) is 1.39. The van der Waals surface area contributed by atoms with Crippen molar-refractivity contribution in [2.45, 2.75) is 11.8 Å². The molecular formula is C9H7BrClN3O2S2. The zero-order valence-electron chi connectivity index (χ0n) is 9.02. The molecule has 2 rings (SSSR count). The molecule has 0 amide bonds. The van der Waals surface area contributed by atoms with E-state index in [9.17, 15) is 8.42 Å². The van der Waals surface area contributed by atoms with Gasteiger partial charge in [-0.1, -0.05) is 11.6 Å². The Hall–Kier alpha value is -0.700. The monoisotopic (exact) mass is 367 g/mol. The third-order valence-corrected chi connectivity index (χ3v) is 5.11. The van der Waals surface area contributed by atoms with Gasteiger partial charge in [-0.05, 0) is 28.9 Å². The predicted molar refractivity (Wildman–Crippen MR) is 74.6 cm³/mol. The molecule has 0 aliphatic carbocycles. The molecule has 1 N–H and O–H groups in total. The first-order chi connectivity index (χ1) is 8.38. The Labute approximate surface area is 121 Å². The number of rotatable bonds is 3. The van der Waals surface area contributed by atoms with Gasteiger partial charge in [0.15, 0.2) is 5.13 Å². The van der Waals surface area contributed by atoms with Crippen LogP contribution in [0.25, 0.3) is 0 Å². The van der Waals surface area contributed by atoms with E-state index < -0.39 is 10.0 Å². The van der Waals surface area contributed by atoms with Crippen molar-refractivity contribution in [1.82, 2.24) is 9.97 Å². The largest absolute Gasteiger partial charge is 0.266 e. The van der Waals surface area contributed by atoms with Crippen molar-refractivity contribution in [3.05, 3.63) is 33.0 Å². The quantitative estimate of drug-likeness (QED) is 0.845. The summed E-state index contributed by atoms with van der Waals surface area (Å²) in [6.45, 7) is 1.78. The van der Waals surface area contributed by atoms with Crippen molar-refractivity contribution in [3.8, 4) is 0 Å². The van der Waals surface area contributed by atoms with Gasteiger partial charge in [0.1, 0.15) is 10.0 Å². The molecule has 0 saturated carbocycles. The van der Waals surface area contributed by atoms with E-state index in [1.807, 2.05) is 0 Å². The fourth-order valence-corrected chi connectivity index (χ4v) is 4.05. The van der Waals surface area contributed by atoms with E-state index in [2.05, 4.69) is 30.6 Å². The second-order valence-electron chi connectivity index (χ2n) is 3.34. The molecule has 2 heterocycles. The van der Waals surface area contributed by atoms with Crippen LogP contribution in [-0.4, -0.2) is 18.4 Å². The number of hydrogen-bond acceptors (Lipinski definition) is 5. The molecule has 0 aliphatic heterocycles. The van der Waals surface area contributed by atoms with Crippen molar-refractivity contribution < 1.29 is 8.42 Å². The summed E-state index contributed by atoms with van der Waals surface area (Å²) in [6.07, 6.45) is 1.43. The number of thiazole rings is 1. The maximum atomic E-state index is 12.1. The zero-order valence-corrected chi connectivity index (χ0v) is 13.0. The van der Waals surface area contributed by atoms with Crippen molar-refractivity contribution >= 4 is 54.0 Å². The Bertz CT molecular complexity index is 687. The second-order valence-corrected chi connectivity index (χ2v) is 7.12.